The van der Waals surface area contributed by atoms with Gasteiger partial charge < -0.3 is 19.7 Å². The quantitative estimate of drug-likeness (QED) is 0.807. The van der Waals surface area contributed by atoms with Gasteiger partial charge in [0.25, 0.3) is 5.91 Å². The van der Waals surface area contributed by atoms with Crippen molar-refractivity contribution in [3.63, 3.8) is 0 Å². The highest BCUT2D eigenvalue weighted by Crippen LogP contribution is 2.28. The van der Waals surface area contributed by atoms with Crippen molar-refractivity contribution in [2.24, 2.45) is 0 Å². The molecule has 0 aliphatic carbocycles. The summed E-state index contributed by atoms with van der Waals surface area (Å²) >= 11 is 0. The minimum atomic E-state index is -0.388. The van der Waals surface area contributed by atoms with Gasteiger partial charge in [0.2, 0.25) is 5.91 Å². The van der Waals surface area contributed by atoms with E-state index in [9.17, 15) is 14.0 Å². The lowest BCUT2D eigenvalue weighted by Crippen LogP contribution is -2.42. The lowest BCUT2D eigenvalue weighted by molar-refractivity contribution is -0.117. The van der Waals surface area contributed by atoms with E-state index in [0.717, 1.165) is 0 Å². The van der Waals surface area contributed by atoms with Crippen LogP contribution in [0.25, 0.3) is 0 Å². The van der Waals surface area contributed by atoms with Gasteiger partial charge in [-0.3, -0.25) is 9.59 Å². The third-order valence-electron chi connectivity index (χ3n) is 3.96. The van der Waals surface area contributed by atoms with Crippen LogP contribution >= 0.6 is 0 Å². The molecule has 0 saturated carbocycles. The molecule has 0 aromatic heterocycles. The second-order valence-electron chi connectivity index (χ2n) is 6.15. The van der Waals surface area contributed by atoms with E-state index in [1.165, 1.54) is 43.4 Å². The van der Waals surface area contributed by atoms with Crippen molar-refractivity contribution in [3.8, 4) is 11.5 Å². The lowest BCUT2D eigenvalue weighted by atomic mass is 10.1. The first-order valence-corrected chi connectivity index (χ1v) is 8.44. The molecular weight excluding hydrogens is 351 g/mol. The zero-order chi connectivity index (χ0) is 20.0. The monoisotopic (exact) mass is 374 g/mol. The predicted molar refractivity (Wildman–Crippen MR) is 101 cm³/mol. The molecule has 0 spiro atoms. The number of carbonyl (C=O) groups excluding carboxylic acids is 2. The van der Waals surface area contributed by atoms with E-state index in [0.29, 0.717) is 22.7 Å². The van der Waals surface area contributed by atoms with Gasteiger partial charge in [0.15, 0.2) is 11.5 Å². The van der Waals surface area contributed by atoms with Crippen LogP contribution in [0.4, 0.5) is 10.1 Å². The highest BCUT2D eigenvalue weighted by Gasteiger charge is 2.23. The Balaban J connectivity index is 2.15. The van der Waals surface area contributed by atoms with Crippen molar-refractivity contribution >= 4 is 17.5 Å². The Bertz CT molecular complexity index is 806. The summed E-state index contributed by atoms with van der Waals surface area (Å²) in [4.78, 5) is 26.7. The van der Waals surface area contributed by atoms with Crippen LogP contribution in [0.15, 0.2) is 42.5 Å². The molecule has 0 aliphatic rings. The molecule has 7 heteroatoms. The number of carbonyl (C=O) groups is 2. The van der Waals surface area contributed by atoms with Gasteiger partial charge in [-0.25, -0.2) is 4.39 Å². The molecular formula is C20H23FN2O4. The van der Waals surface area contributed by atoms with E-state index in [2.05, 4.69) is 5.32 Å². The van der Waals surface area contributed by atoms with Crippen LogP contribution in [0.5, 0.6) is 11.5 Å². The number of methoxy groups -OCH3 is 2. The van der Waals surface area contributed by atoms with Gasteiger partial charge in [0.05, 0.1) is 14.2 Å². The summed E-state index contributed by atoms with van der Waals surface area (Å²) in [6.45, 7) is 3.51. The minimum Gasteiger partial charge on any atom is -0.493 e. The van der Waals surface area contributed by atoms with Crippen LogP contribution in [0.2, 0.25) is 0 Å². The number of benzene rings is 2. The first-order valence-electron chi connectivity index (χ1n) is 8.44. The number of halogens is 1. The predicted octanol–water partition coefficient (Wildman–Crippen LogP) is 3.33. The first-order chi connectivity index (χ1) is 12.8. The molecule has 0 fully saturated rings. The van der Waals surface area contributed by atoms with E-state index in [4.69, 9.17) is 9.47 Å². The smallest absolute Gasteiger partial charge is 0.254 e. The summed E-state index contributed by atoms with van der Waals surface area (Å²) in [5.74, 6) is -0.119. The van der Waals surface area contributed by atoms with E-state index < -0.39 is 0 Å². The van der Waals surface area contributed by atoms with E-state index in [-0.39, 0.29) is 30.2 Å². The number of ether oxygens (including phenoxy) is 2. The third-order valence-corrected chi connectivity index (χ3v) is 3.96. The SMILES string of the molecule is COc1ccc(C(=O)N(CC(=O)Nc2ccc(F)cc2)C(C)C)cc1OC. The Kier molecular flexibility index (Phi) is 6.76. The number of nitrogens with zero attached hydrogens (tertiary/aromatic N) is 1. The van der Waals surface area contributed by atoms with Crippen LogP contribution in [-0.4, -0.2) is 43.5 Å². The minimum absolute atomic E-state index is 0.137. The summed E-state index contributed by atoms with van der Waals surface area (Å²) < 4.78 is 23.4. The van der Waals surface area contributed by atoms with Gasteiger partial charge in [0, 0.05) is 17.3 Å². The van der Waals surface area contributed by atoms with Gasteiger partial charge >= 0.3 is 0 Å². The second kappa shape index (κ2) is 9.02. The molecule has 0 atom stereocenters. The zero-order valence-corrected chi connectivity index (χ0v) is 15.8. The molecule has 0 unspecified atom stereocenters. The maximum absolute atomic E-state index is 13.0. The van der Waals surface area contributed by atoms with Crippen molar-refractivity contribution in [2.75, 3.05) is 26.1 Å². The summed E-state index contributed by atoms with van der Waals surface area (Å²) in [5.41, 5.74) is 0.847. The van der Waals surface area contributed by atoms with Crippen LogP contribution in [-0.2, 0) is 4.79 Å². The molecule has 6 nitrogen and oxygen atoms in total. The molecule has 2 amide bonds. The average Bonchev–Trinajstić information content (AvgIpc) is 2.66. The van der Waals surface area contributed by atoms with Gasteiger partial charge in [-0.05, 0) is 56.3 Å². The molecule has 1 N–H and O–H groups in total. The normalized spacial score (nSPS) is 10.4. The molecule has 0 heterocycles. The largest absolute Gasteiger partial charge is 0.493 e. The van der Waals surface area contributed by atoms with E-state index in [1.807, 2.05) is 13.8 Å². The number of amides is 2. The average molecular weight is 374 g/mol. The van der Waals surface area contributed by atoms with Crippen molar-refractivity contribution in [1.82, 2.24) is 4.90 Å². The Hall–Kier alpha value is -3.09. The highest BCUT2D eigenvalue weighted by atomic mass is 19.1. The maximum atomic E-state index is 13.0. The molecule has 27 heavy (non-hydrogen) atoms. The first kappa shape index (κ1) is 20.2. The molecule has 2 rings (SSSR count). The molecule has 0 saturated heterocycles. The van der Waals surface area contributed by atoms with Crippen molar-refractivity contribution in [3.05, 3.63) is 53.8 Å². The maximum Gasteiger partial charge on any atom is 0.254 e. The number of hydrogen-bond donors (Lipinski definition) is 1. The number of nitrogens with one attached hydrogen (secondary N) is 1. The van der Waals surface area contributed by atoms with Crippen molar-refractivity contribution < 1.29 is 23.5 Å². The summed E-state index contributed by atoms with van der Waals surface area (Å²) in [6.07, 6.45) is 0. The molecule has 0 bridgehead atoms. The number of hydrogen-bond acceptors (Lipinski definition) is 4. The Morgan fingerprint density at radius 1 is 1.04 bits per heavy atom. The van der Waals surface area contributed by atoms with E-state index in [1.54, 1.807) is 18.2 Å². The van der Waals surface area contributed by atoms with E-state index >= 15 is 0 Å². The van der Waals surface area contributed by atoms with Gasteiger partial charge in [-0.2, -0.15) is 0 Å². The van der Waals surface area contributed by atoms with Crippen molar-refractivity contribution in [2.45, 2.75) is 19.9 Å². The van der Waals surface area contributed by atoms with Gasteiger partial charge in [0.1, 0.15) is 12.4 Å². The summed E-state index contributed by atoms with van der Waals surface area (Å²) in [7, 11) is 3.00. The molecule has 0 aliphatic heterocycles. The number of rotatable bonds is 7. The lowest BCUT2D eigenvalue weighted by Gasteiger charge is -2.26. The van der Waals surface area contributed by atoms with Crippen molar-refractivity contribution in [1.29, 1.82) is 0 Å². The molecule has 2 aromatic rings. The zero-order valence-electron chi connectivity index (χ0n) is 15.8. The third kappa shape index (κ3) is 5.20. The number of anilines is 1. The second-order valence-corrected chi connectivity index (χ2v) is 6.15. The fraction of sp³-hybridized carbons (Fsp3) is 0.300. The van der Waals surface area contributed by atoms with Crippen LogP contribution in [0.3, 0.4) is 0 Å². The molecule has 144 valence electrons. The molecule has 0 radical (unpaired) electrons. The fourth-order valence-electron chi connectivity index (χ4n) is 2.51. The Labute approximate surface area is 157 Å². The van der Waals surface area contributed by atoms with Gasteiger partial charge in [-0.15, -0.1) is 0 Å². The summed E-state index contributed by atoms with van der Waals surface area (Å²) in [6, 6.07) is 10.1. The van der Waals surface area contributed by atoms with Crippen LogP contribution < -0.4 is 14.8 Å². The highest BCUT2D eigenvalue weighted by molar-refractivity contribution is 5.99. The summed E-state index contributed by atoms with van der Waals surface area (Å²) in [5, 5.41) is 2.66. The molecule has 2 aromatic carbocycles. The van der Waals surface area contributed by atoms with Crippen LogP contribution in [0, 0.1) is 5.82 Å². The Morgan fingerprint density at radius 3 is 2.22 bits per heavy atom. The Morgan fingerprint density at radius 2 is 1.67 bits per heavy atom. The topological polar surface area (TPSA) is 67.9 Å². The standard InChI is InChI=1S/C20H23FN2O4/c1-13(2)23(12-19(24)22-16-8-6-15(21)7-9-16)20(25)14-5-10-17(26-3)18(11-14)27-4/h5-11,13H,12H2,1-4H3,(H,22,24). The van der Waals surface area contributed by atoms with Crippen LogP contribution in [0.1, 0.15) is 24.2 Å². The van der Waals surface area contributed by atoms with Gasteiger partial charge in [-0.1, -0.05) is 0 Å². The fourth-order valence-corrected chi connectivity index (χ4v) is 2.51.